The van der Waals surface area contributed by atoms with Gasteiger partial charge in [0.1, 0.15) is 5.84 Å². The number of rotatable bonds is 7. The topological polar surface area (TPSA) is 149 Å². The summed E-state index contributed by atoms with van der Waals surface area (Å²) in [7, 11) is 1.55. The fourth-order valence-electron chi connectivity index (χ4n) is 1.41. The van der Waals surface area contributed by atoms with E-state index in [-0.39, 0.29) is 5.96 Å². The van der Waals surface area contributed by atoms with Crippen LogP contribution in [0.15, 0.2) is 15.4 Å². The van der Waals surface area contributed by atoms with Crippen molar-refractivity contribution in [2.75, 3.05) is 18.7 Å². The summed E-state index contributed by atoms with van der Waals surface area (Å²) in [5.41, 5.74) is 11.5. The molecule has 0 aliphatic carbocycles. The zero-order valence-corrected chi connectivity index (χ0v) is 13.6. The van der Waals surface area contributed by atoms with E-state index >= 15 is 0 Å². The lowest BCUT2D eigenvalue weighted by molar-refractivity contribution is 0.990. The van der Waals surface area contributed by atoms with E-state index in [1.54, 1.807) is 18.8 Å². The predicted octanol–water partition coefficient (Wildman–Crippen LogP) is 0.562. The van der Waals surface area contributed by atoms with Gasteiger partial charge < -0.3 is 16.8 Å². The molecule has 5 N–H and O–H groups in total. The van der Waals surface area contributed by atoms with Gasteiger partial charge in [-0.1, -0.05) is 0 Å². The molecule has 1 heterocycles. The Bertz CT molecular complexity index is 604. The van der Waals surface area contributed by atoms with Crippen molar-refractivity contribution in [3.63, 3.8) is 0 Å². The minimum Gasteiger partial charge on any atom is -0.370 e. The molecule has 0 saturated heterocycles. The van der Waals surface area contributed by atoms with Gasteiger partial charge in [-0.15, -0.1) is 23.1 Å². The van der Waals surface area contributed by atoms with Crippen LogP contribution < -0.4 is 16.8 Å². The summed E-state index contributed by atoms with van der Waals surface area (Å²) in [4.78, 5) is 12.1. The van der Waals surface area contributed by atoms with Gasteiger partial charge in [-0.25, -0.2) is 4.98 Å². The molecule has 0 unspecified atom stereocenters. The molecular weight excluding hydrogens is 320 g/mol. The van der Waals surface area contributed by atoms with Gasteiger partial charge in [0.05, 0.1) is 23.7 Å². The Morgan fingerprint density at radius 1 is 1.50 bits per heavy atom. The summed E-state index contributed by atoms with van der Waals surface area (Å²) in [6, 6.07) is 3.77. The average molecular weight is 336 g/mol. The van der Waals surface area contributed by atoms with E-state index in [1.165, 1.54) is 11.3 Å². The highest BCUT2D eigenvalue weighted by Crippen LogP contribution is 2.19. The van der Waals surface area contributed by atoms with E-state index in [0.29, 0.717) is 16.8 Å². The summed E-state index contributed by atoms with van der Waals surface area (Å²) < 4.78 is 0. The molecule has 0 amide bonds. The van der Waals surface area contributed by atoms with Crippen LogP contribution >= 0.6 is 23.1 Å². The number of aliphatic imine (C=N–C) groups is 2. The number of nitrogens with one attached hydrogen (secondary N) is 1. The lowest BCUT2D eigenvalue weighted by Gasteiger charge is -2.08. The molecule has 0 bridgehead atoms. The highest BCUT2D eigenvalue weighted by Gasteiger charge is 2.12. The lowest BCUT2D eigenvalue weighted by atomic mass is 10.2. The molecular formula is C12H16N8S2. The summed E-state index contributed by atoms with van der Waals surface area (Å²) >= 11 is 3.01. The van der Waals surface area contributed by atoms with Crippen LogP contribution in [-0.4, -0.2) is 35.5 Å². The van der Waals surface area contributed by atoms with Crippen LogP contribution in [0, 0.1) is 28.6 Å². The minimum absolute atomic E-state index is 0.00426. The number of thioether (sulfide) groups is 1. The first-order chi connectivity index (χ1) is 10.6. The van der Waals surface area contributed by atoms with Gasteiger partial charge in [-0.2, -0.15) is 15.5 Å². The fourth-order valence-corrected chi connectivity index (χ4v) is 2.90. The first-order valence-electron chi connectivity index (χ1n) is 6.22. The molecule has 0 saturated carbocycles. The molecule has 8 nitrogen and oxygen atoms in total. The molecule has 0 radical (unpaired) electrons. The van der Waals surface area contributed by atoms with Gasteiger partial charge in [0.15, 0.2) is 11.9 Å². The molecule has 116 valence electrons. The highest BCUT2D eigenvalue weighted by molar-refractivity contribution is 7.99. The summed E-state index contributed by atoms with van der Waals surface area (Å²) in [6.45, 7) is 0. The van der Waals surface area contributed by atoms with Gasteiger partial charge in [0, 0.05) is 18.2 Å². The molecule has 0 atom stereocenters. The first kappa shape index (κ1) is 17.8. The van der Waals surface area contributed by atoms with Gasteiger partial charge >= 0.3 is 0 Å². The molecule has 1 aromatic heterocycles. The number of amidine groups is 1. The zero-order valence-electron chi connectivity index (χ0n) is 12.0. The van der Waals surface area contributed by atoms with E-state index in [9.17, 15) is 0 Å². The molecule has 0 aliphatic rings. The molecule has 22 heavy (non-hydrogen) atoms. The second kappa shape index (κ2) is 9.60. The lowest BCUT2D eigenvalue weighted by Crippen LogP contribution is -2.29. The molecule has 0 aromatic carbocycles. The minimum atomic E-state index is -0.855. The van der Waals surface area contributed by atoms with Crippen LogP contribution in [0.3, 0.4) is 0 Å². The number of nitrogens with two attached hydrogens (primary N) is 2. The average Bonchev–Trinajstić information content (AvgIpc) is 2.92. The maximum Gasteiger partial charge on any atom is 0.212 e. The van der Waals surface area contributed by atoms with Crippen molar-refractivity contribution < 1.29 is 0 Å². The van der Waals surface area contributed by atoms with Crippen molar-refractivity contribution in [3.8, 4) is 12.1 Å². The van der Waals surface area contributed by atoms with E-state index in [1.807, 2.05) is 17.5 Å². The molecule has 1 aromatic rings. The van der Waals surface area contributed by atoms with Gasteiger partial charge in [0.25, 0.3) is 0 Å². The third-order valence-electron chi connectivity index (χ3n) is 2.39. The van der Waals surface area contributed by atoms with Crippen molar-refractivity contribution >= 4 is 40.0 Å². The normalized spacial score (nSPS) is 10.8. The predicted molar refractivity (Wildman–Crippen MR) is 89.8 cm³/mol. The summed E-state index contributed by atoms with van der Waals surface area (Å²) in [5.74, 6) is 0.929. The van der Waals surface area contributed by atoms with E-state index in [0.717, 1.165) is 17.9 Å². The Labute approximate surface area is 137 Å². The Kier molecular flexibility index (Phi) is 7.75. The van der Waals surface area contributed by atoms with Crippen molar-refractivity contribution in [2.45, 2.75) is 6.42 Å². The van der Waals surface area contributed by atoms with E-state index in [4.69, 9.17) is 22.0 Å². The first-order valence-corrected chi connectivity index (χ1v) is 8.25. The summed E-state index contributed by atoms with van der Waals surface area (Å²) in [6.07, 6.45) is 0.779. The number of nitriles is 2. The number of aromatic nitrogens is 1. The Morgan fingerprint density at radius 3 is 2.82 bits per heavy atom. The van der Waals surface area contributed by atoms with Crippen LogP contribution in [-0.2, 0) is 6.42 Å². The van der Waals surface area contributed by atoms with Crippen molar-refractivity contribution in [3.05, 3.63) is 11.1 Å². The number of aryl methyl sites for hydroxylation is 1. The van der Waals surface area contributed by atoms with Crippen LogP contribution in [0.4, 0.5) is 5.13 Å². The van der Waals surface area contributed by atoms with Crippen molar-refractivity contribution in [2.24, 2.45) is 27.4 Å². The number of hydrogen-bond donors (Lipinski definition) is 3. The monoisotopic (exact) mass is 336 g/mol. The quantitative estimate of drug-likeness (QED) is 0.285. The van der Waals surface area contributed by atoms with Gasteiger partial charge in [0.2, 0.25) is 5.13 Å². The fraction of sp³-hybridized carbons (Fsp3) is 0.417. The molecule has 0 aliphatic heterocycles. The largest absolute Gasteiger partial charge is 0.370 e. The Balaban J connectivity index is 2.31. The number of hydrogen-bond acceptors (Lipinski definition) is 7. The number of guanidine groups is 1. The Morgan fingerprint density at radius 2 is 2.23 bits per heavy atom. The number of thiazole rings is 1. The molecule has 0 spiro atoms. The molecule has 1 rings (SSSR count). The highest BCUT2D eigenvalue weighted by atomic mass is 32.2. The second-order valence-corrected chi connectivity index (χ2v) is 5.88. The molecule has 10 heteroatoms. The van der Waals surface area contributed by atoms with Crippen LogP contribution in [0.1, 0.15) is 5.69 Å². The third kappa shape index (κ3) is 5.99. The summed E-state index contributed by atoms with van der Waals surface area (Å²) in [5, 5.41) is 23.1. The van der Waals surface area contributed by atoms with Crippen LogP contribution in [0.25, 0.3) is 0 Å². The second-order valence-electron chi connectivity index (χ2n) is 3.94. The smallest absolute Gasteiger partial charge is 0.212 e. The van der Waals surface area contributed by atoms with E-state index < -0.39 is 5.92 Å². The number of nitrogens with zero attached hydrogens (tertiary/aromatic N) is 5. The van der Waals surface area contributed by atoms with Crippen molar-refractivity contribution in [1.29, 1.82) is 10.5 Å². The van der Waals surface area contributed by atoms with Crippen LogP contribution in [0.2, 0.25) is 0 Å². The standard InChI is InChI=1S/C12H16N8S2/c1-17-10(8(4-13)5-14)18-7-21-3-2-9-6-22-12(19-9)20-11(15)16/h6,8H,2-3,7H2,1H3,(H,17,18)(H4,15,16,19,20). The maximum absolute atomic E-state index is 8.81. The SMILES string of the molecule is CN=C(NCSCCc1csc(N=C(N)N)n1)C(C#N)C#N. The Hall–Kier alpha value is -2.30. The zero-order chi connectivity index (χ0) is 16.4. The third-order valence-corrected chi connectivity index (χ3v) is 4.02. The van der Waals surface area contributed by atoms with E-state index in [2.05, 4.69) is 20.3 Å². The maximum atomic E-state index is 8.81. The van der Waals surface area contributed by atoms with Gasteiger partial charge in [-0.05, 0) is 6.42 Å². The van der Waals surface area contributed by atoms with Crippen molar-refractivity contribution in [1.82, 2.24) is 10.3 Å². The van der Waals surface area contributed by atoms with Gasteiger partial charge in [-0.3, -0.25) is 4.99 Å². The van der Waals surface area contributed by atoms with Crippen LogP contribution in [0.5, 0.6) is 0 Å². The molecule has 0 fully saturated rings.